The first kappa shape index (κ1) is 13.1. The van der Waals surface area contributed by atoms with Crippen LogP contribution in [0.4, 0.5) is 0 Å². The molecule has 7 nitrogen and oxygen atoms in total. The number of hydrogen-bond acceptors (Lipinski definition) is 5. The number of nitrogens with one attached hydrogen (secondary N) is 1. The van der Waals surface area contributed by atoms with Crippen molar-refractivity contribution in [3.63, 3.8) is 0 Å². The molecule has 17 heavy (non-hydrogen) atoms. The van der Waals surface area contributed by atoms with E-state index < -0.39 is 12.0 Å². The van der Waals surface area contributed by atoms with Gasteiger partial charge in [-0.1, -0.05) is 6.92 Å². The van der Waals surface area contributed by atoms with Gasteiger partial charge in [0.05, 0.1) is 7.11 Å². The lowest BCUT2D eigenvalue weighted by Crippen LogP contribution is -2.31. The maximum atomic E-state index is 11.6. The number of methoxy groups -OCH3 is 1. The minimum Gasteiger partial charge on any atom is -0.463 e. The van der Waals surface area contributed by atoms with E-state index in [-0.39, 0.29) is 11.7 Å². The van der Waals surface area contributed by atoms with E-state index in [0.29, 0.717) is 6.54 Å². The zero-order valence-corrected chi connectivity index (χ0v) is 10.1. The van der Waals surface area contributed by atoms with Crippen molar-refractivity contribution in [1.29, 1.82) is 0 Å². The van der Waals surface area contributed by atoms with Crippen LogP contribution < -0.4 is 5.32 Å². The normalized spacial score (nSPS) is 11.9. The first-order valence-electron chi connectivity index (χ1n) is 5.37. The summed E-state index contributed by atoms with van der Waals surface area (Å²) >= 11 is 0. The number of nitrogens with zero attached hydrogens (tertiary/aromatic N) is 3. The Bertz CT molecular complexity index is 402. The average Bonchev–Trinajstić information content (AvgIpc) is 2.83. The number of amides is 1. The van der Waals surface area contributed by atoms with Gasteiger partial charge in [-0.2, -0.15) is 0 Å². The molecule has 0 aliphatic carbocycles. The number of aromatic nitrogens is 3. The van der Waals surface area contributed by atoms with Crippen molar-refractivity contribution in [3.8, 4) is 0 Å². The molecule has 0 aliphatic heterocycles. The van der Waals surface area contributed by atoms with Gasteiger partial charge in [0.25, 0.3) is 5.82 Å². The summed E-state index contributed by atoms with van der Waals surface area (Å²) in [5.74, 6) is -0.833. The summed E-state index contributed by atoms with van der Waals surface area (Å²) in [4.78, 5) is 26.5. The van der Waals surface area contributed by atoms with Crippen LogP contribution in [-0.4, -0.2) is 40.3 Å². The fourth-order valence-corrected chi connectivity index (χ4v) is 1.16. The molecule has 0 radical (unpaired) electrons. The molecule has 1 rings (SSSR count). The maximum absolute atomic E-state index is 11.6. The summed E-state index contributed by atoms with van der Waals surface area (Å²) in [6, 6.07) is -0.507. The van der Waals surface area contributed by atoms with Crippen molar-refractivity contribution >= 4 is 11.9 Å². The van der Waals surface area contributed by atoms with Crippen molar-refractivity contribution in [2.24, 2.45) is 0 Å². The topological polar surface area (TPSA) is 86.1 Å². The van der Waals surface area contributed by atoms with E-state index >= 15 is 0 Å². The Hall–Kier alpha value is -1.92. The molecule has 0 saturated carbocycles. The van der Waals surface area contributed by atoms with Gasteiger partial charge in [0.1, 0.15) is 12.4 Å². The van der Waals surface area contributed by atoms with Crippen molar-refractivity contribution in [2.75, 3.05) is 13.7 Å². The molecule has 7 heteroatoms. The monoisotopic (exact) mass is 240 g/mol. The summed E-state index contributed by atoms with van der Waals surface area (Å²) in [7, 11) is 1.25. The zero-order valence-electron chi connectivity index (χ0n) is 10.1. The molecule has 1 aromatic heterocycles. The summed E-state index contributed by atoms with van der Waals surface area (Å²) in [5, 5.41) is 6.62. The largest absolute Gasteiger partial charge is 0.463 e. The Morgan fingerprint density at radius 1 is 1.59 bits per heavy atom. The van der Waals surface area contributed by atoms with Crippen LogP contribution in [0, 0.1) is 0 Å². The highest BCUT2D eigenvalue weighted by molar-refractivity contribution is 5.85. The van der Waals surface area contributed by atoms with E-state index in [4.69, 9.17) is 0 Å². The van der Waals surface area contributed by atoms with Crippen molar-refractivity contribution < 1.29 is 14.3 Å². The molecule has 94 valence electrons. The molecule has 1 aromatic rings. The molecule has 1 atom stereocenters. The molecule has 0 spiro atoms. The lowest BCUT2D eigenvalue weighted by molar-refractivity contribution is -0.124. The summed E-state index contributed by atoms with van der Waals surface area (Å²) in [5.41, 5.74) is 0. The fourth-order valence-electron chi connectivity index (χ4n) is 1.16. The number of carbonyl (C=O) groups excluding carboxylic acids is 2. The van der Waals surface area contributed by atoms with Gasteiger partial charge >= 0.3 is 5.97 Å². The van der Waals surface area contributed by atoms with Crippen LogP contribution in [0.1, 0.15) is 36.9 Å². The Kier molecular flexibility index (Phi) is 4.62. The number of hydrogen-bond donors (Lipinski definition) is 1. The summed E-state index contributed by atoms with van der Waals surface area (Å²) in [6.45, 7) is 4.26. The van der Waals surface area contributed by atoms with Crippen LogP contribution >= 0.6 is 0 Å². The molecule has 1 heterocycles. The predicted octanol–water partition coefficient (Wildman–Crippen LogP) is 0.152. The van der Waals surface area contributed by atoms with Gasteiger partial charge in [0.2, 0.25) is 5.91 Å². The Morgan fingerprint density at radius 3 is 2.88 bits per heavy atom. The molecule has 0 fully saturated rings. The van der Waals surface area contributed by atoms with Crippen molar-refractivity contribution in [3.05, 3.63) is 12.2 Å². The number of ether oxygens (including phenoxy) is 1. The number of esters is 1. The second-order valence-electron chi connectivity index (χ2n) is 3.51. The van der Waals surface area contributed by atoms with Gasteiger partial charge in [0.15, 0.2) is 0 Å². The molecule has 0 aliphatic rings. The van der Waals surface area contributed by atoms with Gasteiger partial charge in [-0.05, 0) is 13.3 Å². The van der Waals surface area contributed by atoms with E-state index in [2.05, 4.69) is 20.1 Å². The molecule has 1 amide bonds. The maximum Gasteiger partial charge on any atom is 0.377 e. The highest BCUT2D eigenvalue weighted by Crippen LogP contribution is 2.04. The van der Waals surface area contributed by atoms with Crippen LogP contribution in [0.25, 0.3) is 0 Å². The Balaban J connectivity index is 2.69. The molecular formula is C10H16N4O3. The van der Waals surface area contributed by atoms with Crippen molar-refractivity contribution in [2.45, 2.75) is 26.3 Å². The van der Waals surface area contributed by atoms with E-state index in [0.717, 1.165) is 6.42 Å². The molecule has 0 bridgehead atoms. The lowest BCUT2D eigenvalue weighted by Gasteiger charge is -2.10. The standard InChI is InChI=1S/C10H16N4O3/c1-4-5-11-9(15)7(2)14-6-12-8(13-14)10(16)17-3/h6-7H,4-5H2,1-3H3,(H,11,15). The first-order chi connectivity index (χ1) is 8.10. The molecule has 0 aromatic carbocycles. The van der Waals surface area contributed by atoms with Crippen LogP contribution in [0.2, 0.25) is 0 Å². The fraction of sp³-hybridized carbons (Fsp3) is 0.600. The lowest BCUT2D eigenvalue weighted by atomic mass is 10.3. The SMILES string of the molecule is CCCNC(=O)C(C)n1cnc(C(=O)OC)n1. The number of rotatable bonds is 5. The predicted molar refractivity (Wildman–Crippen MR) is 59.4 cm³/mol. The highest BCUT2D eigenvalue weighted by Gasteiger charge is 2.18. The quantitative estimate of drug-likeness (QED) is 0.740. The molecule has 1 unspecified atom stereocenters. The third kappa shape index (κ3) is 3.27. The van der Waals surface area contributed by atoms with Gasteiger partial charge in [-0.3, -0.25) is 4.79 Å². The second-order valence-corrected chi connectivity index (χ2v) is 3.51. The van der Waals surface area contributed by atoms with Crippen LogP contribution in [0.3, 0.4) is 0 Å². The van der Waals surface area contributed by atoms with Crippen molar-refractivity contribution in [1.82, 2.24) is 20.1 Å². The van der Waals surface area contributed by atoms with E-state index in [1.165, 1.54) is 18.1 Å². The minimum absolute atomic E-state index is 0.0531. The number of carbonyl (C=O) groups is 2. The minimum atomic E-state index is -0.620. The summed E-state index contributed by atoms with van der Waals surface area (Å²) in [6.07, 6.45) is 2.20. The van der Waals surface area contributed by atoms with Gasteiger partial charge < -0.3 is 10.1 Å². The molecule has 1 N–H and O–H groups in total. The smallest absolute Gasteiger partial charge is 0.377 e. The summed E-state index contributed by atoms with van der Waals surface area (Å²) < 4.78 is 5.81. The van der Waals surface area contributed by atoms with E-state index in [9.17, 15) is 9.59 Å². The molecule has 0 saturated heterocycles. The van der Waals surface area contributed by atoms with Gasteiger partial charge in [0, 0.05) is 6.54 Å². The Morgan fingerprint density at radius 2 is 2.29 bits per heavy atom. The van der Waals surface area contributed by atoms with Gasteiger partial charge in [-0.25, -0.2) is 14.5 Å². The third-order valence-corrected chi connectivity index (χ3v) is 2.20. The Labute approximate surface area is 99.2 Å². The van der Waals surface area contributed by atoms with Crippen LogP contribution in [-0.2, 0) is 9.53 Å². The molecular weight excluding hydrogens is 224 g/mol. The van der Waals surface area contributed by atoms with E-state index in [1.54, 1.807) is 6.92 Å². The second kappa shape index (κ2) is 5.97. The first-order valence-corrected chi connectivity index (χ1v) is 5.37. The third-order valence-electron chi connectivity index (χ3n) is 2.20. The van der Waals surface area contributed by atoms with Gasteiger partial charge in [-0.15, -0.1) is 5.10 Å². The zero-order chi connectivity index (χ0) is 12.8. The van der Waals surface area contributed by atoms with Crippen LogP contribution in [0.15, 0.2) is 6.33 Å². The van der Waals surface area contributed by atoms with Crippen LogP contribution in [0.5, 0.6) is 0 Å². The van der Waals surface area contributed by atoms with E-state index in [1.807, 2.05) is 6.92 Å². The highest BCUT2D eigenvalue weighted by atomic mass is 16.5. The average molecular weight is 240 g/mol.